The number of anilines is 1. The van der Waals surface area contributed by atoms with E-state index >= 15 is 0 Å². The number of nitrogen functional groups attached to an aromatic ring is 1. The molecule has 0 amide bonds. The Morgan fingerprint density at radius 2 is 1.97 bits per heavy atom. The van der Waals surface area contributed by atoms with Gasteiger partial charge >= 0.3 is 5.97 Å². The van der Waals surface area contributed by atoms with Crippen molar-refractivity contribution in [3.63, 3.8) is 0 Å². The summed E-state index contributed by atoms with van der Waals surface area (Å²) in [6.07, 6.45) is 4.40. The van der Waals surface area contributed by atoms with Crippen LogP contribution in [0.4, 0.5) is 5.82 Å². The van der Waals surface area contributed by atoms with Crippen molar-refractivity contribution in [2.45, 2.75) is 13.5 Å². The Hall–Kier alpha value is -3.95. The van der Waals surface area contributed by atoms with Crippen molar-refractivity contribution in [3.05, 3.63) is 54.6 Å². The highest BCUT2D eigenvalue weighted by Gasteiger charge is 2.20. The van der Waals surface area contributed by atoms with E-state index in [4.69, 9.17) is 15.2 Å². The average molecular weight is 393 g/mol. The molecule has 148 valence electrons. The van der Waals surface area contributed by atoms with Gasteiger partial charge in [0.2, 0.25) is 0 Å². The van der Waals surface area contributed by atoms with E-state index < -0.39 is 5.97 Å². The predicted molar refractivity (Wildman–Crippen MR) is 105 cm³/mol. The van der Waals surface area contributed by atoms with Crippen LogP contribution >= 0.6 is 0 Å². The van der Waals surface area contributed by atoms with Crippen molar-refractivity contribution in [3.8, 4) is 11.6 Å². The lowest BCUT2D eigenvalue weighted by molar-refractivity contribution is 0.0527. The van der Waals surface area contributed by atoms with Gasteiger partial charge in [0.05, 0.1) is 30.9 Å². The SMILES string of the molecule is CCOC(=O)c1cnn(-c2ncnc3c2cnn3CCOc2ccccc2)c1N. The van der Waals surface area contributed by atoms with Gasteiger partial charge in [-0.15, -0.1) is 0 Å². The van der Waals surface area contributed by atoms with Gasteiger partial charge in [0.25, 0.3) is 0 Å². The second-order valence-electron chi connectivity index (χ2n) is 6.04. The molecule has 0 atom stereocenters. The summed E-state index contributed by atoms with van der Waals surface area (Å²) in [4.78, 5) is 20.6. The molecule has 0 aliphatic heterocycles. The third kappa shape index (κ3) is 3.59. The molecule has 0 radical (unpaired) electrons. The standard InChI is InChI=1S/C19H19N7O3/c1-2-28-19(27)14-10-24-26(16(14)20)18-15-11-23-25(17(15)21-12-22-18)8-9-29-13-6-4-3-5-7-13/h3-7,10-12H,2,8-9,20H2,1H3. The molecule has 2 N–H and O–H groups in total. The first-order chi connectivity index (χ1) is 14.2. The summed E-state index contributed by atoms with van der Waals surface area (Å²) < 4.78 is 13.8. The zero-order valence-electron chi connectivity index (χ0n) is 15.7. The van der Waals surface area contributed by atoms with Crippen LogP contribution in [0.1, 0.15) is 17.3 Å². The van der Waals surface area contributed by atoms with E-state index in [1.807, 2.05) is 30.3 Å². The minimum atomic E-state index is -0.532. The Morgan fingerprint density at radius 3 is 2.76 bits per heavy atom. The van der Waals surface area contributed by atoms with Gasteiger partial charge in [-0.1, -0.05) is 18.2 Å². The minimum Gasteiger partial charge on any atom is -0.492 e. The summed E-state index contributed by atoms with van der Waals surface area (Å²) in [5, 5.41) is 9.21. The van der Waals surface area contributed by atoms with E-state index in [0.29, 0.717) is 30.0 Å². The van der Waals surface area contributed by atoms with Crippen LogP contribution in [0.2, 0.25) is 0 Å². The van der Waals surface area contributed by atoms with Gasteiger partial charge in [0.15, 0.2) is 11.5 Å². The molecule has 0 bridgehead atoms. The van der Waals surface area contributed by atoms with Crippen LogP contribution in [0, 0.1) is 0 Å². The van der Waals surface area contributed by atoms with Crippen LogP contribution in [-0.4, -0.2) is 48.7 Å². The molecule has 3 heterocycles. The summed E-state index contributed by atoms with van der Waals surface area (Å²) in [6.45, 7) is 2.90. The maximum Gasteiger partial charge on any atom is 0.343 e. The first-order valence-corrected chi connectivity index (χ1v) is 9.04. The fraction of sp³-hybridized carbons (Fsp3) is 0.211. The third-order valence-electron chi connectivity index (χ3n) is 4.23. The number of fused-ring (bicyclic) bond motifs is 1. The van der Waals surface area contributed by atoms with E-state index in [1.54, 1.807) is 17.8 Å². The number of nitrogens with two attached hydrogens (primary N) is 1. The molecule has 10 heteroatoms. The summed E-state index contributed by atoms with van der Waals surface area (Å²) in [6, 6.07) is 9.54. The molecule has 4 aromatic rings. The minimum absolute atomic E-state index is 0.142. The number of rotatable bonds is 7. The van der Waals surface area contributed by atoms with Crippen molar-refractivity contribution < 1.29 is 14.3 Å². The molecule has 0 spiro atoms. The number of benzene rings is 1. The molecule has 29 heavy (non-hydrogen) atoms. The molecule has 0 aliphatic carbocycles. The molecule has 4 rings (SSSR count). The van der Waals surface area contributed by atoms with Gasteiger partial charge in [-0.3, -0.25) is 0 Å². The number of carbonyl (C=O) groups excluding carboxylic acids is 1. The van der Waals surface area contributed by atoms with Crippen molar-refractivity contribution in [1.29, 1.82) is 0 Å². The van der Waals surface area contributed by atoms with E-state index in [2.05, 4.69) is 20.2 Å². The highest BCUT2D eigenvalue weighted by Crippen LogP contribution is 2.22. The number of ether oxygens (including phenoxy) is 2. The Balaban J connectivity index is 1.59. The van der Waals surface area contributed by atoms with Crippen molar-refractivity contribution in [1.82, 2.24) is 29.5 Å². The van der Waals surface area contributed by atoms with Crippen LogP contribution in [0.15, 0.2) is 49.1 Å². The number of nitrogens with zero attached hydrogens (tertiary/aromatic N) is 6. The van der Waals surface area contributed by atoms with Crippen molar-refractivity contribution >= 4 is 22.8 Å². The fourth-order valence-corrected chi connectivity index (χ4v) is 2.87. The average Bonchev–Trinajstić information content (AvgIpc) is 3.33. The largest absolute Gasteiger partial charge is 0.492 e. The van der Waals surface area contributed by atoms with Crippen LogP contribution in [0.3, 0.4) is 0 Å². The maximum atomic E-state index is 12.0. The van der Waals surface area contributed by atoms with Gasteiger partial charge in [-0.2, -0.15) is 14.9 Å². The van der Waals surface area contributed by atoms with Crippen LogP contribution in [-0.2, 0) is 11.3 Å². The van der Waals surface area contributed by atoms with Crippen molar-refractivity contribution in [2.75, 3.05) is 18.9 Å². The third-order valence-corrected chi connectivity index (χ3v) is 4.23. The first-order valence-electron chi connectivity index (χ1n) is 9.04. The molecule has 0 saturated heterocycles. The molecule has 0 unspecified atom stereocenters. The second kappa shape index (κ2) is 7.97. The molecule has 0 fully saturated rings. The Labute approximate surface area is 165 Å². The van der Waals surface area contributed by atoms with Crippen LogP contribution in [0.5, 0.6) is 5.75 Å². The molecule has 3 aromatic heterocycles. The summed E-state index contributed by atoms with van der Waals surface area (Å²) >= 11 is 0. The lowest BCUT2D eigenvalue weighted by atomic mass is 10.3. The monoisotopic (exact) mass is 393 g/mol. The van der Waals surface area contributed by atoms with Gasteiger partial charge in [-0.05, 0) is 19.1 Å². The van der Waals surface area contributed by atoms with Gasteiger partial charge in [0.1, 0.15) is 30.1 Å². The second-order valence-corrected chi connectivity index (χ2v) is 6.04. The fourth-order valence-electron chi connectivity index (χ4n) is 2.87. The summed E-state index contributed by atoms with van der Waals surface area (Å²) in [5.41, 5.74) is 6.89. The normalized spacial score (nSPS) is 10.9. The highest BCUT2D eigenvalue weighted by atomic mass is 16.5. The molecular weight excluding hydrogens is 374 g/mol. The van der Waals surface area contributed by atoms with Crippen LogP contribution in [0.25, 0.3) is 16.9 Å². The smallest absolute Gasteiger partial charge is 0.343 e. The lowest BCUT2D eigenvalue weighted by Gasteiger charge is -2.07. The number of aromatic nitrogens is 6. The number of hydrogen-bond acceptors (Lipinski definition) is 8. The topological polar surface area (TPSA) is 123 Å². The van der Waals surface area contributed by atoms with E-state index in [-0.39, 0.29) is 18.0 Å². The van der Waals surface area contributed by atoms with Crippen LogP contribution < -0.4 is 10.5 Å². The molecular formula is C19H19N7O3. The quantitative estimate of drug-likeness (QED) is 0.472. The Kier molecular flexibility index (Phi) is 5.06. The zero-order chi connectivity index (χ0) is 20.2. The summed E-state index contributed by atoms with van der Waals surface area (Å²) in [5.74, 6) is 0.826. The Bertz CT molecular complexity index is 1140. The zero-order valence-corrected chi connectivity index (χ0v) is 15.7. The maximum absolute atomic E-state index is 12.0. The highest BCUT2D eigenvalue weighted by molar-refractivity contribution is 5.94. The summed E-state index contributed by atoms with van der Waals surface area (Å²) in [7, 11) is 0. The van der Waals surface area contributed by atoms with E-state index in [9.17, 15) is 4.79 Å². The van der Waals surface area contributed by atoms with Gasteiger partial charge < -0.3 is 15.2 Å². The van der Waals surface area contributed by atoms with E-state index in [1.165, 1.54) is 17.2 Å². The molecule has 1 aromatic carbocycles. The Morgan fingerprint density at radius 1 is 1.14 bits per heavy atom. The number of para-hydroxylation sites is 1. The van der Waals surface area contributed by atoms with Gasteiger partial charge in [-0.25, -0.2) is 19.4 Å². The van der Waals surface area contributed by atoms with Crippen molar-refractivity contribution in [2.24, 2.45) is 0 Å². The molecule has 0 aliphatic rings. The lowest BCUT2D eigenvalue weighted by Crippen LogP contribution is -2.11. The molecule has 0 saturated carbocycles. The van der Waals surface area contributed by atoms with E-state index in [0.717, 1.165) is 5.75 Å². The molecule has 10 nitrogen and oxygen atoms in total. The number of esters is 1. The predicted octanol–water partition coefficient (Wildman–Crippen LogP) is 1.85. The number of hydrogen-bond donors (Lipinski definition) is 1. The first kappa shape index (κ1) is 18.4. The van der Waals surface area contributed by atoms with Gasteiger partial charge in [0, 0.05) is 0 Å². The number of carbonyl (C=O) groups is 1.